The van der Waals surface area contributed by atoms with Gasteiger partial charge in [-0.25, -0.2) is 8.78 Å². The molecule has 1 atom stereocenters. The van der Waals surface area contributed by atoms with E-state index in [1.165, 1.54) is 18.2 Å². The second-order valence-electron chi connectivity index (χ2n) is 3.52. The molecule has 16 heavy (non-hydrogen) atoms. The van der Waals surface area contributed by atoms with Crippen LogP contribution in [-0.2, 0) is 0 Å². The van der Waals surface area contributed by atoms with Gasteiger partial charge in [0.2, 0.25) is 0 Å². The van der Waals surface area contributed by atoms with Crippen LogP contribution >= 0.6 is 11.3 Å². The molecule has 1 N–H and O–H groups in total. The van der Waals surface area contributed by atoms with E-state index in [9.17, 15) is 8.78 Å². The summed E-state index contributed by atoms with van der Waals surface area (Å²) in [6.07, 6.45) is 0. The highest BCUT2D eigenvalue weighted by Gasteiger charge is 2.12. The van der Waals surface area contributed by atoms with E-state index in [4.69, 9.17) is 0 Å². The molecule has 1 heterocycles. The average molecular weight is 239 g/mol. The van der Waals surface area contributed by atoms with E-state index in [2.05, 4.69) is 5.32 Å². The fourth-order valence-corrected chi connectivity index (χ4v) is 2.21. The van der Waals surface area contributed by atoms with Crippen molar-refractivity contribution >= 4 is 17.0 Å². The van der Waals surface area contributed by atoms with Gasteiger partial charge in [0.15, 0.2) is 0 Å². The number of thiophene rings is 1. The van der Waals surface area contributed by atoms with Gasteiger partial charge >= 0.3 is 0 Å². The van der Waals surface area contributed by atoms with E-state index >= 15 is 0 Å². The molecule has 0 aliphatic heterocycles. The monoisotopic (exact) mass is 239 g/mol. The number of anilines is 1. The van der Waals surface area contributed by atoms with Gasteiger partial charge in [-0.2, -0.15) is 11.3 Å². The molecule has 1 nitrogen and oxygen atoms in total. The first-order chi connectivity index (χ1) is 7.68. The lowest BCUT2D eigenvalue weighted by molar-refractivity contribution is 0.584. The Morgan fingerprint density at radius 1 is 1.19 bits per heavy atom. The van der Waals surface area contributed by atoms with Crippen LogP contribution in [0.15, 0.2) is 35.0 Å². The Morgan fingerprint density at radius 2 is 1.88 bits per heavy atom. The third kappa shape index (κ3) is 2.22. The number of halogens is 2. The van der Waals surface area contributed by atoms with Crippen LogP contribution in [0.1, 0.15) is 18.5 Å². The maximum Gasteiger partial charge on any atom is 0.149 e. The van der Waals surface area contributed by atoms with Crippen molar-refractivity contribution in [2.24, 2.45) is 0 Å². The number of para-hydroxylation sites is 1. The first kappa shape index (κ1) is 11.1. The summed E-state index contributed by atoms with van der Waals surface area (Å²) in [6, 6.07) is 5.65. The highest BCUT2D eigenvalue weighted by atomic mass is 32.1. The predicted molar refractivity (Wildman–Crippen MR) is 62.7 cm³/mol. The molecule has 4 heteroatoms. The first-order valence-electron chi connectivity index (χ1n) is 4.91. The van der Waals surface area contributed by atoms with Crippen molar-refractivity contribution < 1.29 is 8.78 Å². The molecule has 0 saturated heterocycles. The van der Waals surface area contributed by atoms with Crippen LogP contribution in [0.25, 0.3) is 0 Å². The van der Waals surface area contributed by atoms with Crippen molar-refractivity contribution in [3.63, 3.8) is 0 Å². The fourth-order valence-electron chi connectivity index (χ4n) is 1.46. The summed E-state index contributed by atoms with van der Waals surface area (Å²) < 4.78 is 26.7. The number of benzene rings is 1. The average Bonchev–Trinajstić information content (AvgIpc) is 2.76. The third-order valence-corrected chi connectivity index (χ3v) is 3.07. The summed E-state index contributed by atoms with van der Waals surface area (Å²) in [5.41, 5.74) is 0.953. The van der Waals surface area contributed by atoms with Gasteiger partial charge in [-0.3, -0.25) is 0 Å². The Morgan fingerprint density at radius 3 is 2.44 bits per heavy atom. The summed E-state index contributed by atoms with van der Waals surface area (Å²) >= 11 is 1.56. The summed E-state index contributed by atoms with van der Waals surface area (Å²) in [5.74, 6) is -1.14. The van der Waals surface area contributed by atoms with Gasteiger partial charge in [-0.15, -0.1) is 0 Å². The zero-order valence-corrected chi connectivity index (χ0v) is 9.52. The van der Waals surface area contributed by atoms with E-state index in [1.807, 2.05) is 23.8 Å². The largest absolute Gasteiger partial charge is 0.374 e. The highest BCUT2D eigenvalue weighted by Crippen LogP contribution is 2.25. The quantitative estimate of drug-likeness (QED) is 0.846. The van der Waals surface area contributed by atoms with Crippen molar-refractivity contribution in [1.29, 1.82) is 0 Å². The van der Waals surface area contributed by atoms with Crippen molar-refractivity contribution in [2.45, 2.75) is 13.0 Å². The van der Waals surface area contributed by atoms with Gasteiger partial charge < -0.3 is 5.32 Å². The van der Waals surface area contributed by atoms with Crippen molar-refractivity contribution in [2.75, 3.05) is 5.32 Å². The molecular formula is C12H11F2NS. The molecule has 0 fully saturated rings. The van der Waals surface area contributed by atoms with Crippen LogP contribution in [0.5, 0.6) is 0 Å². The van der Waals surface area contributed by atoms with Gasteiger partial charge in [0, 0.05) is 6.04 Å². The smallest absolute Gasteiger partial charge is 0.149 e. The molecule has 0 spiro atoms. The lowest BCUT2D eigenvalue weighted by Gasteiger charge is -2.15. The van der Waals surface area contributed by atoms with Crippen LogP contribution in [0.4, 0.5) is 14.5 Å². The molecule has 0 amide bonds. The minimum Gasteiger partial charge on any atom is -0.374 e. The SMILES string of the molecule is CC(Nc1c(F)cccc1F)c1ccsc1. The van der Waals surface area contributed by atoms with E-state index < -0.39 is 11.6 Å². The number of rotatable bonds is 3. The van der Waals surface area contributed by atoms with E-state index in [0.29, 0.717) is 0 Å². The lowest BCUT2D eigenvalue weighted by atomic mass is 10.1. The standard InChI is InChI=1S/C12H11F2NS/c1-8(9-5-6-16-7-9)15-12-10(13)3-2-4-11(12)14/h2-8,15H,1H3. The van der Waals surface area contributed by atoms with Gasteiger partial charge in [-0.05, 0) is 41.4 Å². The molecule has 0 bridgehead atoms. The summed E-state index contributed by atoms with van der Waals surface area (Å²) in [5, 5.41) is 6.73. The summed E-state index contributed by atoms with van der Waals surface area (Å²) in [7, 11) is 0. The molecule has 84 valence electrons. The topological polar surface area (TPSA) is 12.0 Å². The van der Waals surface area contributed by atoms with Gasteiger partial charge in [0.1, 0.15) is 17.3 Å². The summed E-state index contributed by atoms with van der Waals surface area (Å²) in [6.45, 7) is 1.87. The number of nitrogens with one attached hydrogen (secondary N) is 1. The Balaban J connectivity index is 2.21. The van der Waals surface area contributed by atoms with E-state index in [-0.39, 0.29) is 11.7 Å². The molecule has 0 saturated carbocycles. The number of hydrogen-bond donors (Lipinski definition) is 1. The van der Waals surface area contributed by atoms with E-state index in [0.717, 1.165) is 5.56 Å². The summed E-state index contributed by atoms with van der Waals surface area (Å²) in [4.78, 5) is 0. The Kier molecular flexibility index (Phi) is 3.19. The minimum absolute atomic E-state index is 0.0683. The van der Waals surface area contributed by atoms with Gasteiger partial charge in [0.25, 0.3) is 0 Å². The molecule has 1 aromatic carbocycles. The Labute approximate surface area is 96.7 Å². The molecular weight excluding hydrogens is 228 g/mol. The van der Waals surface area contributed by atoms with Crippen LogP contribution in [-0.4, -0.2) is 0 Å². The predicted octanol–water partition coefficient (Wildman–Crippen LogP) is 4.20. The van der Waals surface area contributed by atoms with Crippen LogP contribution in [0, 0.1) is 11.6 Å². The molecule has 0 aliphatic carbocycles. The normalized spacial score (nSPS) is 12.4. The van der Waals surface area contributed by atoms with Gasteiger partial charge in [-0.1, -0.05) is 6.07 Å². The maximum atomic E-state index is 13.4. The second-order valence-corrected chi connectivity index (χ2v) is 4.30. The number of hydrogen-bond acceptors (Lipinski definition) is 2. The molecule has 0 radical (unpaired) electrons. The molecule has 2 rings (SSSR count). The lowest BCUT2D eigenvalue weighted by Crippen LogP contribution is -2.08. The second kappa shape index (κ2) is 4.61. The molecule has 1 aromatic heterocycles. The third-order valence-electron chi connectivity index (χ3n) is 2.37. The molecule has 1 unspecified atom stereocenters. The van der Waals surface area contributed by atoms with Crippen molar-refractivity contribution in [1.82, 2.24) is 0 Å². The molecule has 0 aliphatic rings. The van der Waals surface area contributed by atoms with Crippen LogP contribution < -0.4 is 5.32 Å². The minimum atomic E-state index is -0.568. The van der Waals surface area contributed by atoms with Crippen molar-refractivity contribution in [3.8, 4) is 0 Å². The van der Waals surface area contributed by atoms with Crippen LogP contribution in [0.2, 0.25) is 0 Å². The molecule has 2 aromatic rings. The Bertz CT molecular complexity index is 448. The highest BCUT2D eigenvalue weighted by molar-refractivity contribution is 7.07. The van der Waals surface area contributed by atoms with Gasteiger partial charge in [0.05, 0.1) is 0 Å². The van der Waals surface area contributed by atoms with E-state index in [1.54, 1.807) is 11.3 Å². The van der Waals surface area contributed by atoms with Crippen LogP contribution in [0.3, 0.4) is 0 Å². The first-order valence-corrected chi connectivity index (χ1v) is 5.85. The zero-order chi connectivity index (χ0) is 11.5. The Hall–Kier alpha value is -1.42. The van der Waals surface area contributed by atoms with Crippen molar-refractivity contribution in [3.05, 3.63) is 52.2 Å². The maximum absolute atomic E-state index is 13.4. The fraction of sp³-hybridized carbons (Fsp3) is 0.167. The zero-order valence-electron chi connectivity index (χ0n) is 8.71.